The molecule has 0 atom stereocenters. The molecular formula is C18H12B2Br2O5. The molecule has 2 N–H and O–H groups in total. The molecule has 134 valence electrons. The molecule has 1 aromatic heterocycles. The fraction of sp³-hybridized carbons (Fsp3) is 0.167. The lowest BCUT2D eigenvalue weighted by Crippen LogP contribution is -2.18. The van der Waals surface area contributed by atoms with Crippen molar-refractivity contribution in [3.63, 3.8) is 0 Å². The number of halogens is 2. The Morgan fingerprint density at radius 3 is 2.26 bits per heavy atom. The Hall–Kier alpha value is -1.86. The van der Waals surface area contributed by atoms with E-state index in [0.717, 1.165) is 0 Å². The standard InChI is InChI=1S/C18H12B2Br2O5/c1-3-9-10(14(23)6-4-7(21)15(24)8(22)5-6)11-12(19)16(25)18(26-2)13(20)17(11)27-9/h4-5,24-25H,3H2,1-2H3. The Kier molecular flexibility index (Phi) is 5.36. The van der Waals surface area contributed by atoms with E-state index in [2.05, 4.69) is 31.9 Å². The van der Waals surface area contributed by atoms with Crippen molar-refractivity contribution in [2.75, 3.05) is 7.11 Å². The smallest absolute Gasteiger partial charge is 0.197 e. The topological polar surface area (TPSA) is 79.9 Å². The van der Waals surface area contributed by atoms with Crippen molar-refractivity contribution in [1.82, 2.24) is 0 Å². The minimum Gasteiger partial charge on any atom is -0.506 e. The molecule has 9 heteroatoms. The molecule has 0 spiro atoms. The summed E-state index contributed by atoms with van der Waals surface area (Å²) in [5.41, 5.74) is 0.677. The summed E-state index contributed by atoms with van der Waals surface area (Å²) in [4.78, 5) is 13.3. The van der Waals surface area contributed by atoms with Gasteiger partial charge in [0.15, 0.2) is 17.3 Å². The van der Waals surface area contributed by atoms with Gasteiger partial charge in [0.2, 0.25) is 0 Å². The molecule has 0 saturated carbocycles. The van der Waals surface area contributed by atoms with E-state index in [9.17, 15) is 15.0 Å². The van der Waals surface area contributed by atoms with Crippen LogP contribution in [0.15, 0.2) is 25.5 Å². The number of carbonyl (C=O) groups is 1. The third-order valence-corrected chi connectivity index (χ3v) is 5.45. The molecule has 0 saturated heterocycles. The van der Waals surface area contributed by atoms with E-state index in [-0.39, 0.29) is 56.1 Å². The number of hydrogen-bond donors (Lipinski definition) is 2. The number of furan rings is 1. The number of phenols is 2. The second kappa shape index (κ2) is 7.28. The molecule has 0 fully saturated rings. The average Bonchev–Trinajstić information content (AvgIpc) is 3.03. The number of fused-ring (bicyclic) bond motifs is 1. The van der Waals surface area contributed by atoms with Gasteiger partial charge in [-0.25, -0.2) is 0 Å². The summed E-state index contributed by atoms with van der Waals surface area (Å²) in [7, 11) is 13.5. The van der Waals surface area contributed by atoms with Crippen LogP contribution in [0.2, 0.25) is 0 Å². The van der Waals surface area contributed by atoms with Crippen LogP contribution in [-0.2, 0) is 6.42 Å². The van der Waals surface area contributed by atoms with E-state index in [1.807, 2.05) is 6.92 Å². The number of ketones is 1. The van der Waals surface area contributed by atoms with E-state index >= 15 is 0 Å². The zero-order chi connectivity index (χ0) is 20.0. The van der Waals surface area contributed by atoms with Crippen LogP contribution < -0.4 is 15.7 Å². The van der Waals surface area contributed by atoms with E-state index < -0.39 is 0 Å². The molecule has 0 aliphatic rings. The number of carbonyl (C=O) groups excluding carboxylic acids is 1. The first-order valence-corrected chi connectivity index (χ1v) is 9.43. The van der Waals surface area contributed by atoms with Gasteiger partial charge in [0.25, 0.3) is 0 Å². The number of phenolic OH excluding ortho intramolecular Hbond substituents is 2. The van der Waals surface area contributed by atoms with Crippen LogP contribution in [0.1, 0.15) is 28.6 Å². The number of aryl methyl sites for hydroxylation is 1. The summed E-state index contributed by atoms with van der Waals surface area (Å²) in [6.07, 6.45) is 0.401. The third-order valence-electron chi connectivity index (χ3n) is 4.24. The van der Waals surface area contributed by atoms with Crippen molar-refractivity contribution in [1.29, 1.82) is 0 Å². The first kappa shape index (κ1) is 19.9. The number of aromatic hydroxyl groups is 2. The Labute approximate surface area is 174 Å². The van der Waals surface area contributed by atoms with Gasteiger partial charge < -0.3 is 19.4 Å². The van der Waals surface area contributed by atoms with Crippen molar-refractivity contribution in [2.45, 2.75) is 13.3 Å². The zero-order valence-electron chi connectivity index (χ0n) is 14.4. The van der Waals surface area contributed by atoms with E-state index in [0.29, 0.717) is 21.1 Å². The molecule has 5 nitrogen and oxygen atoms in total. The van der Waals surface area contributed by atoms with Crippen molar-refractivity contribution in [3.05, 3.63) is 38.0 Å². The predicted molar refractivity (Wildman–Crippen MR) is 112 cm³/mol. The Morgan fingerprint density at radius 1 is 1.15 bits per heavy atom. The second-order valence-corrected chi connectivity index (χ2v) is 7.49. The highest BCUT2D eigenvalue weighted by molar-refractivity contribution is 9.11. The second-order valence-electron chi connectivity index (χ2n) is 5.78. The quantitative estimate of drug-likeness (QED) is 0.435. The molecule has 3 rings (SSSR count). The SMILES string of the molecule is [B]c1c(OC)c(O)c([B])c2c(C(=O)c3cc(Br)c(O)c(Br)c3)c(CC)oc12. The van der Waals surface area contributed by atoms with Gasteiger partial charge >= 0.3 is 0 Å². The summed E-state index contributed by atoms with van der Waals surface area (Å²) < 4.78 is 11.6. The van der Waals surface area contributed by atoms with Gasteiger partial charge in [-0.3, -0.25) is 4.79 Å². The maximum Gasteiger partial charge on any atom is 0.197 e. The fourth-order valence-electron chi connectivity index (χ4n) is 2.93. The summed E-state index contributed by atoms with van der Waals surface area (Å²) in [5, 5.41) is 20.4. The lowest BCUT2D eigenvalue weighted by Gasteiger charge is -2.12. The fourth-order valence-corrected chi connectivity index (χ4v) is 4.12. The minimum atomic E-state index is -0.386. The summed E-state index contributed by atoms with van der Waals surface area (Å²) >= 11 is 6.43. The van der Waals surface area contributed by atoms with Crippen LogP contribution in [0.3, 0.4) is 0 Å². The number of methoxy groups -OCH3 is 1. The lowest BCUT2D eigenvalue weighted by atomic mass is 9.81. The average molecular weight is 490 g/mol. The molecule has 0 amide bonds. The van der Waals surface area contributed by atoms with Gasteiger partial charge in [0.05, 0.1) is 21.6 Å². The summed E-state index contributed by atoms with van der Waals surface area (Å²) in [5.74, 6) is -0.395. The first-order valence-electron chi connectivity index (χ1n) is 7.84. The molecule has 27 heavy (non-hydrogen) atoms. The van der Waals surface area contributed by atoms with E-state index in [1.165, 1.54) is 19.2 Å². The number of ether oxygens (including phenoxy) is 1. The van der Waals surface area contributed by atoms with Crippen molar-refractivity contribution >= 4 is 75.2 Å². The third kappa shape index (κ3) is 3.06. The van der Waals surface area contributed by atoms with Gasteiger partial charge in [-0.2, -0.15) is 0 Å². The first-order chi connectivity index (χ1) is 12.7. The number of rotatable bonds is 4. The van der Waals surface area contributed by atoms with Crippen molar-refractivity contribution < 1.29 is 24.2 Å². The monoisotopic (exact) mass is 488 g/mol. The van der Waals surface area contributed by atoms with Gasteiger partial charge in [-0.1, -0.05) is 6.92 Å². The molecule has 1 heterocycles. The Morgan fingerprint density at radius 2 is 1.74 bits per heavy atom. The van der Waals surface area contributed by atoms with Gasteiger partial charge in [-0.05, 0) is 54.9 Å². The number of hydrogen-bond acceptors (Lipinski definition) is 5. The van der Waals surface area contributed by atoms with E-state index in [4.69, 9.17) is 24.8 Å². The van der Waals surface area contributed by atoms with Gasteiger partial charge in [0, 0.05) is 17.4 Å². The highest BCUT2D eigenvalue weighted by atomic mass is 79.9. The summed E-state index contributed by atoms with van der Waals surface area (Å²) in [6, 6.07) is 2.98. The number of benzene rings is 2. The minimum absolute atomic E-state index is 0.00877. The molecule has 0 bridgehead atoms. The molecule has 4 radical (unpaired) electrons. The largest absolute Gasteiger partial charge is 0.506 e. The zero-order valence-corrected chi connectivity index (χ0v) is 17.6. The van der Waals surface area contributed by atoms with Crippen LogP contribution in [0.5, 0.6) is 17.2 Å². The Bertz CT molecular complexity index is 1070. The molecule has 2 aromatic carbocycles. The maximum absolute atomic E-state index is 13.3. The van der Waals surface area contributed by atoms with Crippen molar-refractivity contribution in [3.8, 4) is 17.2 Å². The molecular weight excluding hydrogens is 478 g/mol. The lowest BCUT2D eigenvalue weighted by molar-refractivity contribution is 0.103. The van der Waals surface area contributed by atoms with Crippen LogP contribution in [0.4, 0.5) is 0 Å². The van der Waals surface area contributed by atoms with Crippen LogP contribution >= 0.6 is 31.9 Å². The highest BCUT2D eigenvalue weighted by Crippen LogP contribution is 2.36. The molecule has 0 aliphatic carbocycles. The normalized spacial score (nSPS) is 11.1. The highest BCUT2D eigenvalue weighted by Gasteiger charge is 2.27. The predicted octanol–water partition coefficient (Wildman–Crippen LogP) is 2.76. The van der Waals surface area contributed by atoms with Gasteiger partial charge in [-0.15, -0.1) is 0 Å². The van der Waals surface area contributed by atoms with E-state index in [1.54, 1.807) is 0 Å². The van der Waals surface area contributed by atoms with Crippen LogP contribution in [0, 0.1) is 0 Å². The maximum atomic E-state index is 13.3. The van der Waals surface area contributed by atoms with Gasteiger partial charge in [0.1, 0.15) is 32.8 Å². The summed E-state index contributed by atoms with van der Waals surface area (Å²) in [6.45, 7) is 1.82. The molecule has 0 unspecified atom stereocenters. The van der Waals surface area contributed by atoms with Crippen LogP contribution in [0.25, 0.3) is 11.0 Å². The van der Waals surface area contributed by atoms with Crippen molar-refractivity contribution in [2.24, 2.45) is 0 Å². The Balaban J connectivity index is 2.36. The molecule has 3 aromatic rings. The molecule has 0 aliphatic heterocycles. The van der Waals surface area contributed by atoms with Crippen LogP contribution in [-0.4, -0.2) is 38.8 Å².